The standard InChI is InChI=1S/C28H24FN7O/c29-22-4-1-3-20(13-22)28(37)34-23-5-2-6-24(15-23)35-9-11-36(12-10-35)27-25-14-19(21-16-32-33-17-21)7-8-26(25)30-18-31-27/h1-8,13-18H,9-12H2,(H,32,33)(H,34,37). The molecular weight excluding hydrogens is 469 g/mol. The molecule has 8 nitrogen and oxygen atoms in total. The van der Waals surface area contributed by atoms with Crippen LogP contribution in [-0.2, 0) is 0 Å². The quantitative estimate of drug-likeness (QED) is 0.368. The van der Waals surface area contributed by atoms with Crippen LogP contribution in [-0.4, -0.2) is 52.3 Å². The van der Waals surface area contributed by atoms with Gasteiger partial charge < -0.3 is 15.1 Å². The molecule has 1 saturated heterocycles. The van der Waals surface area contributed by atoms with Crippen LogP contribution in [0.4, 0.5) is 21.6 Å². The van der Waals surface area contributed by atoms with E-state index in [0.29, 0.717) is 5.69 Å². The Morgan fingerprint density at radius 2 is 1.73 bits per heavy atom. The van der Waals surface area contributed by atoms with Gasteiger partial charge in [0.25, 0.3) is 5.91 Å². The number of halogens is 1. The number of nitrogens with zero attached hydrogens (tertiary/aromatic N) is 5. The molecule has 3 aromatic carbocycles. The minimum Gasteiger partial charge on any atom is -0.368 e. The number of piperazine rings is 1. The number of hydrogen-bond donors (Lipinski definition) is 2. The molecule has 0 atom stereocenters. The van der Waals surface area contributed by atoms with Crippen molar-refractivity contribution in [2.45, 2.75) is 0 Å². The van der Waals surface area contributed by atoms with Gasteiger partial charge >= 0.3 is 0 Å². The molecule has 1 aliphatic rings. The van der Waals surface area contributed by atoms with Crippen molar-refractivity contribution in [1.29, 1.82) is 0 Å². The predicted octanol–water partition coefficient (Wildman–Crippen LogP) is 4.74. The number of benzene rings is 3. The van der Waals surface area contributed by atoms with Crippen LogP contribution in [0, 0.1) is 5.82 Å². The highest BCUT2D eigenvalue weighted by molar-refractivity contribution is 6.04. The third-order valence-corrected chi connectivity index (χ3v) is 6.58. The summed E-state index contributed by atoms with van der Waals surface area (Å²) in [6.45, 7) is 3.19. The Bertz CT molecular complexity index is 1560. The Kier molecular flexibility index (Phi) is 5.94. The molecule has 1 fully saturated rings. The molecule has 2 aromatic heterocycles. The van der Waals surface area contributed by atoms with E-state index in [1.54, 1.807) is 18.6 Å². The van der Waals surface area contributed by atoms with Gasteiger partial charge in [0.2, 0.25) is 0 Å². The number of aromatic nitrogens is 4. The largest absolute Gasteiger partial charge is 0.368 e. The summed E-state index contributed by atoms with van der Waals surface area (Å²) in [6.07, 6.45) is 5.29. The van der Waals surface area contributed by atoms with Gasteiger partial charge in [0.1, 0.15) is 18.0 Å². The number of amides is 1. The van der Waals surface area contributed by atoms with Crippen molar-refractivity contribution in [3.8, 4) is 11.1 Å². The maximum atomic E-state index is 13.5. The Morgan fingerprint density at radius 3 is 2.54 bits per heavy atom. The maximum Gasteiger partial charge on any atom is 0.255 e. The second-order valence-electron chi connectivity index (χ2n) is 8.91. The van der Waals surface area contributed by atoms with E-state index in [1.807, 2.05) is 42.6 Å². The summed E-state index contributed by atoms with van der Waals surface area (Å²) in [4.78, 5) is 26.2. The van der Waals surface area contributed by atoms with Gasteiger partial charge in [-0.05, 0) is 54.1 Å². The summed E-state index contributed by atoms with van der Waals surface area (Å²) in [7, 11) is 0. The number of aromatic amines is 1. The lowest BCUT2D eigenvalue weighted by molar-refractivity contribution is 0.102. The third kappa shape index (κ3) is 4.71. The molecule has 9 heteroatoms. The van der Waals surface area contributed by atoms with E-state index in [9.17, 15) is 9.18 Å². The van der Waals surface area contributed by atoms with E-state index in [4.69, 9.17) is 0 Å². The van der Waals surface area contributed by atoms with Crippen molar-refractivity contribution < 1.29 is 9.18 Å². The Hall–Kier alpha value is -4.79. The fraction of sp³-hybridized carbons (Fsp3) is 0.143. The summed E-state index contributed by atoms with van der Waals surface area (Å²) in [5, 5.41) is 10.8. The smallest absolute Gasteiger partial charge is 0.255 e. The molecule has 1 amide bonds. The lowest BCUT2D eigenvalue weighted by atomic mass is 10.1. The van der Waals surface area contributed by atoms with Crippen LogP contribution in [0.5, 0.6) is 0 Å². The summed E-state index contributed by atoms with van der Waals surface area (Å²) in [5.74, 6) is 0.145. The molecule has 0 spiro atoms. The first-order valence-electron chi connectivity index (χ1n) is 12.0. The highest BCUT2D eigenvalue weighted by Crippen LogP contribution is 2.30. The number of carbonyl (C=O) groups excluding carboxylic acids is 1. The van der Waals surface area contributed by atoms with Crippen molar-refractivity contribution in [1.82, 2.24) is 20.2 Å². The molecule has 1 aliphatic heterocycles. The first-order chi connectivity index (χ1) is 18.1. The van der Waals surface area contributed by atoms with E-state index in [2.05, 4.69) is 41.3 Å². The van der Waals surface area contributed by atoms with E-state index < -0.39 is 5.82 Å². The van der Waals surface area contributed by atoms with Crippen LogP contribution >= 0.6 is 0 Å². The summed E-state index contributed by atoms with van der Waals surface area (Å²) in [6, 6.07) is 19.6. The number of rotatable bonds is 5. The highest BCUT2D eigenvalue weighted by Gasteiger charge is 2.21. The second kappa shape index (κ2) is 9.69. The molecule has 0 saturated carbocycles. The molecule has 0 bridgehead atoms. The van der Waals surface area contributed by atoms with E-state index in [1.165, 1.54) is 18.2 Å². The molecular formula is C28H24FN7O. The Labute approximate surface area is 212 Å². The summed E-state index contributed by atoms with van der Waals surface area (Å²) in [5.41, 5.74) is 4.96. The molecule has 0 radical (unpaired) electrons. The minimum atomic E-state index is -0.437. The van der Waals surface area contributed by atoms with Gasteiger partial charge in [0, 0.05) is 60.3 Å². The molecule has 2 N–H and O–H groups in total. The Morgan fingerprint density at radius 1 is 0.892 bits per heavy atom. The third-order valence-electron chi connectivity index (χ3n) is 6.58. The molecule has 0 aliphatic carbocycles. The predicted molar refractivity (Wildman–Crippen MR) is 142 cm³/mol. The number of nitrogens with one attached hydrogen (secondary N) is 2. The van der Waals surface area contributed by atoms with Crippen LogP contribution in [0.3, 0.4) is 0 Å². The average Bonchev–Trinajstić information content (AvgIpc) is 3.48. The summed E-state index contributed by atoms with van der Waals surface area (Å²) >= 11 is 0. The number of fused-ring (bicyclic) bond motifs is 1. The van der Waals surface area contributed by atoms with E-state index in [0.717, 1.165) is 59.7 Å². The van der Waals surface area contributed by atoms with Gasteiger partial charge in [0.05, 0.1) is 11.7 Å². The monoisotopic (exact) mass is 493 g/mol. The van der Waals surface area contributed by atoms with Crippen LogP contribution in [0.15, 0.2) is 85.5 Å². The zero-order valence-electron chi connectivity index (χ0n) is 19.9. The minimum absolute atomic E-state index is 0.284. The Balaban J connectivity index is 1.17. The van der Waals surface area contributed by atoms with Crippen molar-refractivity contribution in [2.24, 2.45) is 0 Å². The number of carbonyl (C=O) groups is 1. The number of anilines is 3. The first kappa shape index (κ1) is 22.7. The molecule has 184 valence electrons. The molecule has 37 heavy (non-hydrogen) atoms. The van der Waals surface area contributed by atoms with E-state index in [-0.39, 0.29) is 11.5 Å². The van der Waals surface area contributed by atoms with Gasteiger partial charge in [-0.2, -0.15) is 5.10 Å². The molecule has 6 rings (SSSR count). The fourth-order valence-electron chi connectivity index (χ4n) is 4.67. The van der Waals surface area contributed by atoms with Gasteiger partial charge in [-0.3, -0.25) is 9.89 Å². The fourth-order valence-corrected chi connectivity index (χ4v) is 4.67. The lowest BCUT2D eigenvalue weighted by Crippen LogP contribution is -2.47. The van der Waals surface area contributed by atoms with Gasteiger partial charge in [-0.25, -0.2) is 14.4 Å². The molecule has 3 heterocycles. The first-order valence-corrected chi connectivity index (χ1v) is 12.0. The summed E-state index contributed by atoms with van der Waals surface area (Å²) < 4.78 is 13.5. The normalized spacial score (nSPS) is 13.6. The maximum absolute atomic E-state index is 13.5. The van der Waals surface area contributed by atoms with E-state index >= 15 is 0 Å². The second-order valence-corrected chi connectivity index (χ2v) is 8.91. The van der Waals surface area contributed by atoms with Crippen LogP contribution < -0.4 is 15.1 Å². The number of H-pyrrole nitrogens is 1. The van der Waals surface area contributed by atoms with Crippen molar-refractivity contribution in [2.75, 3.05) is 41.3 Å². The lowest BCUT2D eigenvalue weighted by Gasteiger charge is -2.37. The average molecular weight is 494 g/mol. The van der Waals surface area contributed by atoms with Gasteiger partial charge in [-0.15, -0.1) is 0 Å². The molecule has 0 unspecified atom stereocenters. The van der Waals surface area contributed by atoms with Gasteiger partial charge in [-0.1, -0.05) is 18.2 Å². The van der Waals surface area contributed by atoms with Crippen molar-refractivity contribution in [3.63, 3.8) is 0 Å². The van der Waals surface area contributed by atoms with Crippen molar-refractivity contribution in [3.05, 3.63) is 96.8 Å². The topological polar surface area (TPSA) is 90.0 Å². The van der Waals surface area contributed by atoms with Crippen LogP contribution in [0.1, 0.15) is 10.4 Å². The highest BCUT2D eigenvalue weighted by atomic mass is 19.1. The van der Waals surface area contributed by atoms with Crippen molar-refractivity contribution >= 4 is 34.0 Å². The SMILES string of the molecule is O=C(Nc1cccc(N2CCN(c3ncnc4ccc(-c5cn[nH]c5)cc34)CC2)c1)c1cccc(F)c1. The zero-order valence-corrected chi connectivity index (χ0v) is 19.9. The van der Waals surface area contributed by atoms with Crippen LogP contribution in [0.25, 0.3) is 22.0 Å². The molecule has 5 aromatic rings. The zero-order chi connectivity index (χ0) is 25.2. The van der Waals surface area contributed by atoms with Crippen LogP contribution in [0.2, 0.25) is 0 Å². The van der Waals surface area contributed by atoms with Gasteiger partial charge in [0.15, 0.2) is 0 Å². The number of hydrogen-bond acceptors (Lipinski definition) is 6.